The van der Waals surface area contributed by atoms with Crippen molar-refractivity contribution >= 4 is 23.1 Å². The molecule has 3 rings (SSSR count). The van der Waals surface area contributed by atoms with Crippen LogP contribution in [0.3, 0.4) is 0 Å². The molecular weight excluding hydrogens is 360 g/mol. The van der Waals surface area contributed by atoms with Gasteiger partial charge in [-0.25, -0.2) is 9.78 Å². The summed E-state index contributed by atoms with van der Waals surface area (Å²) in [6.07, 6.45) is -0.499. The van der Waals surface area contributed by atoms with E-state index in [1.165, 1.54) is 11.1 Å². The highest BCUT2D eigenvalue weighted by molar-refractivity contribution is 7.15. The highest BCUT2D eigenvalue weighted by Gasteiger charge is 2.13. The summed E-state index contributed by atoms with van der Waals surface area (Å²) >= 11 is 1.55. The fourth-order valence-electron chi connectivity index (χ4n) is 2.69. The highest BCUT2D eigenvalue weighted by Crippen LogP contribution is 2.31. The van der Waals surface area contributed by atoms with Crippen LogP contribution in [0.15, 0.2) is 42.5 Å². The first-order valence-corrected chi connectivity index (χ1v) is 9.39. The van der Waals surface area contributed by atoms with Gasteiger partial charge in [-0.15, -0.1) is 11.3 Å². The Balaban J connectivity index is 1.64. The van der Waals surface area contributed by atoms with Crippen molar-refractivity contribution in [2.75, 3.05) is 12.4 Å². The zero-order chi connectivity index (χ0) is 19.4. The number of hydrogen-bond donors (Lipinski definition) is 1. The van der Waals surface area contributed by atoms with Crippen molar-refractivity contribution in [2.45, 2.75) is 27.4 Å². The maximum Gasteiger partial charge on any atom is 0.411 e. The lowest BCUT2D eigenvalue weighted by molar-refractivity contribution is 0.156. The Morgan fingerprint density at radius 3 is 2.52 bits per heavy atom. The summed E-state index contributed by atoms with van der Waals surface area (Å²) in [6.45, 7) is 6.28. The Hall–Kier alpha value is -2.86. The summed E-state index contributed by atoms with van der Waals surface area (Å²) in [4.78, 5) is 17.6. The molecule has 0 aliphatic heterocycles. The lowest BCUT2D eigenvalue weighted by atomic mass is 10.1. The number of methoxy groups -OCH3 is 1. The van der Waals surface area contributed by atoms with Crippen molar-refractivity contribution in [1.29, 1.82) is 0 Å². The highest BCUT2D eigenvalue weighted by atomic mass is 32.1. The minimum absolute atomic E-state index is 0.191. The Morgan fingerprint density at radius 2 is 1.85 bits per heavy atom. The van der Waals surface area contributed by atoms with Crippen molar-refractivity contribution in [1.82, 2.24) is 4.98 Å². The number of aromatic nitrogens is 1. The number of carbonyl (C=O) groups is 1. The number of benzene rings is 2. The van der Waals surface area contributed by atoms with E-state index < -0.39 is 6.09 Å². The number of thiazole rings is 1. The van der Waals surface area contributed by atoms with Gasteiger partial charge in [0, 0.05) is 11.3 Å². The molecule has 1 N–H and O–H groups in total. The van der Waals surface area contributed by atoms with Crippen LogP contribution in [-0.4, -0.2) is 18.2 Å². The monoisotopic (exact) mass is 382 g/mol. The van der Waals surface area contributed by atoms with Gasteiger partial charge in [0.2, 0.25) is 0 Å². The first-order valence-electron chi connectivity index (χ1n) is 8.58. The van der Waals surface area contributed by atoms with Crippen molar-refractivity contribution < 1.29 is 14.3 Å². The van der Waals surface area contributed by atoms with Gasteiger partial charge < -0.3 is 9.47 Å². The van der Waals surface area contributed by atoms with Gasteiger partial charge in [0.15, 0.2) is 0 Å². The number of aryl methyl sites for hydroxylation is 3. The van der Waals surface area contributed by atoms with Gasteiger partial charge in [-0.1, -0.05) is 23.8 Å². The molecule has 0 saturated carbocycles. The molecule has 1 aromatic heterocycles. The summed E-state index contributed by atoms with van der Waals surface area (Å²) in [7, 11) is 1.60. The van der Waals surface area contributed by atoms with Crippen LogP contribution in [0.25, 0.3) is 10.6 Å². The van der Waals surface area contributed by atoms with Gasteiger partial charge in [-0.3, -0.25) is 5.32 Å². The van der Waals surface area contributed by atoms with Gasteiger partial charge in [-0.2, -0.15) is 0 Å². The molecule has 27 heavy (non-hydrogen) atoms. The summed E-state index contributed by atoms with van der Waals surface area (Å²) in [5.41, 5.74) is 5.06. The smallest absolute Gasteiger partial charge is 0.411 e. The van der Waals surface area contributed by atoms with E-state index in [4.69, 9.17) is 9.47 Å². The standard InChI is InChI=1S/C21H22N2O3S/c1-13-5-10-18(14(2)11-13)20-22-15(3)19(27-20)12-26-21(24)23-16-6-8-17(25-4)9-7-16/h5-11H,12H2,1-4H3,(H,23,24). The predicted molar refractivity (Wildman–Crippen MR) is 109 cm³/mol. The molecule has 0 aliphatic rings. The normalized spacial score (nSPS) is 10.5. The van der Waals surface area contributed by atoms with Crippen LogP contribution in [0.1, 0.15) is 21.7 Å². The zero-order valence-electron chi connectivity index (χ0n) is 15.8. The maximum atomic E-state index is 12.0. The van der Waals surface area contributed by atoms with Gasteiger partial charge in [0.05, 0.1) is 17.7 Å². The number of nitrogens with one attached hydrogen (secondary N) is 1. The van der Waals surface area contributed by atoms with Crippen molar-refractivity contribution in [3.05, 3.63) is 64.2 Å². The molecule has 1 amide bonds. The second kappa shape index (κ2) is 8.22. The summed E-state index contributed by atoms with van der Waals surface area (Å²) in [6, 6.07) is 13.4. The molecule has 0 spiro atoms. The molecular formula is C21H22N2O3S. The topological polar surface area (TPSA) is 60.5 Å². The van der Waals surface area contributed by atoms with Crippen LogP contribution in [0.5, 0.6) is 5.75 Å². The number of nitrogens with zero attached hydrogens (tertiary/aromatic N) is 1. The molecule has 2 aromatic carbocycles. The molecule has 0 bridgehead atoms. The van der Waals surface area contributed by atoms with E-state index in [0.717, 1.165) is 26.9 Å². The molecule has 1 heterocycles. The van der Waals surface area contributed by atoms with E-state index in [1.54, 1.807) is 42.7 Å². The average molecular weight is 382 g/mol. The fourth-order valence-corrected chi connectivity index (χ4v) is 3.76. The third-order valence-electron chi connectivity index (χ3n) is 4.18. The molecule has 0 atom stereocenters. The average Bonchev–Trinajstić information content (AvgIpc) is 3.01. The molecule has 140 valence electrons. The first-order chi connectivity index (χ1) is 13.0. The molecule has 5 nitrogen and oxygen atoms in total. The number of amides is 1. The quantitative estimate of drug-likeness (QED) is 0.633. The minimum Gasteiger partial charge on any atom is -0.497 e. The Bertz CT molecular complexity index is 949. The molecule has 6 heteroatoms. The lowest BCUT2D eigenvalue weighted by Crippen LogP contribution is -2.13. The number of anilines is 1. The molecule has 0 fully saturated rings. The second-order valence-corrected chi connectivity index (χ2v) is 7.36. The van der Waals surface area contributed by atoms with Crippen LogP contribution in [0, 0.1) is 20.8 Å². The summed E-state index contributed by atoms with van der Waals surface area (Å²) < 4.78 is 10.5. The lowest BCUT2D eigenvalue weighted by Gasteiger charge is -2.07. The summed E-state index contributed by atoms with van der Waals surface area (Å²) in [5.74, 6) is 0.730. The molecule has 0 saturated heterocycles. The number of ether oxygens (including phenoxy) is 2. The fraction of sp³-hybridized carbons (Fsp3) is 0.238. The van der Waals surface area contributed by atoms with E-state index in [1.807, 2.05) is 6.92 Å². The molecule has 3 aromatic rings. The van der Waals surface area contributed by atoms with Crippen LogP contribution in [0.2, 0.25) is 0 Å². The number of hydrogen-bond acceptors (Lipinski definition) is 5. The zero-order valence-corrected chi connectivity index (χ0v) is 16.6. The predicted octanol–water partition coefficient (Wildman–Crippen LogP) is 5.49. The molecule has 0 unspecified atom stereocenters. The number of carbonyl (C=O) groups excluding carboxylic acids is 1. The van der Waals surface area contributed by atoms with Crippen LogP contribution < -0.4 is 10.1 Å². The number of rotatable bonds is 5. The van der Waals surface area contributed by atoms with Crippen LogP contribution in [-0.2, 0) is 11.3 Å². The molecule has 0 radical (unpaired) electrons. The van der Waals surface area contributed by atoms with Gasteiger partial charge >= 0.3 is 6.09 Å². The van der Waals surface area contributed by atoms with Gasteiger partial charge in [0.25, 0.3) is 0 Å². The Morgan fingerprint density at radius 1 is 1.11 bits per heavy atom. The first kappa shape index (κ1) is 18.9. The Labute approximate surface area is 163 Å². The summed E-state index contributed by atoms with van der Waals surface area (Å²) in [5, 5.41) is 3.65. The van der Waals surface area contributed by atoms with E-state index in [2.05, 4.69) is 42.3 Å². The van der Waals surface area contributed by atoms with Crippen molar-refractivity contribution in [2.24, 2.45) is 0 Å². The maximum absolute atomic E-state index is 12.0. The SMILES string of the molecule is COc1ccc(NC(=O)OCc2sc(-c3ccc(C)cc3C)nc2C)cc1. The third-order valence-corrected chi connectivity index (χ3v) is 5.34. The van der Waals surface area contributed by atoms with E-state index >= 15 is 0 Å². The van der Waals surface area contributed by atoms with E-state index in [9.17, 15) is 4.79 Å². The van der Waals surface area contributed by atoms with Crippen LogP contribution in [0.4, 0.5) is 10.5 Å². The van der Waals surface area contributed by atoms with Crippen LogP contribution >= 0.6 is 11.3 Å². The third kappa shape index (κ3) is 4.65. The second-order valence-electron chi connectivity index (χ2n) is 6.28. The van der Waals surface area contributed by atoms with Crippen molar-refractivity contribution in [3.63, 3.8) is 0 Å². The molecule has 0 aliphatic carbocycles. The largest absolute Gasteiger partial charge is 0.497 e. The van der Waals surface area contributed by atoms with Crippen molar-refractivity contribution in [3.8, 4) is 16.3 Å². The van der Waals surface area contributed by atoms with E-state index in [0.29, 0.717) is 5.69 Å². The van der Waals surface area contributed by atoms with E-state index in [-0.39, 0.29) is 6.61 Å². The van der Waals surface area contributed by atoms with Gasteiger partial charge in [0.1, 0.15) is 17.4 Å². The van der Waals surface area contributed by atoms with Gasteiger partial charge in [-0.05, 0) is 50.6 Å². The minimum atomic E-state index is -0.499. The Kier molecular flexibility index (Phi) is 5.76.